The van der Waals surface area contributed by atoms with Crippen LogP contribution in [0.15, 0.2) is 42.9 Å². The van der Waals surface area contributed by atoms with E-state index in [4.69, 9.17) is 0 Å². The van der Waals surface area contributed by atoms with Crippen LogP contribution in [0, 0.1) is 10.1 Å². The summed E-state index contributed by atoms with van der Waals surface area (Å²) < 4.78 is 0. The Kier molecular flexibility index (Phi) is 3.95. The molecule has 0 unspecified atom stereocenters. The maximum Gasteiger partial charge on any atom is 0.270 e. The Morgan fingerprint density at radius 3 is 2.75 bits per heavy atom. The molecule has 0 aliphatic heterocycles. The number of Topliss-reactive ketones (excluding diaryl/α,β-unsaturated/α-hetero) is 1. The fourth-order valence-electron chi connectivity index (χ4n) is 1.69. The second-order valence-electron chi connectivity index (χ2n) is 4.06. The maximum absolute atomic E-state index is 11.7. The minimum atomic E-state index is -0.479. The smallest absolute Gasteiger partial charge is 0.270 e. The maximum atomic E-state index is 11.7. The van der Waals surface area contributed by atoms with Gasteiger partial charge in [0.15, 0.2) is 5.78 Å². The van der Waals surface area contributed by atoms with Gasteiger partial charge in [0.25, 0.3) is 5.69 Å². The number of aromatic nitrogens is 2. The standard InChI is InChI=1S/C14H11N3O3/c1-10(18)13(14-9-15-5-6-16-14)8-11-3-2-4-12(7-11)17(19)20/h2-9H,1H3/b13-8-. The molecule has 0 saturated carbocycles. The molecule has 0 fully saturated rings. The number of rotatable bonds is 4. The Morgan fingerprint density at radius 2 is 2.15 bits per heavy atom. The van der Waals surface area contributed by atoms with Crippen molar-refractivity contribution in [3.63, 3.8) is 0 Å². The first kappa shape index (κ1) is 13.5. The molecule has 0 aliphatic rings. The quantitative estimate of drug-likeness (QED) is 0.483. The van der Waals surface area contributed by atoms with Gasteiger partial charge in [0.2, 0.25) is 0 Å². The van der Waals surface area contributed by atoms with Gasteiger partial charge in [0, 0.05) is 30.1 Å². The van der Waals surface area contributed by atoms with Crippen LogP contribution >= 0.6 is 0 Å². The van der Waals surface area contributed by atoms with Crippen LogP contribution < -0.4 is 0 Å². The summed E-state index contributed by atoms with van der Waals surface area (Å²) in [5, 5.41) is 10.7. The first-order valence-electron chi connectivity index (χ1n) is 5.81. The van der Waals surface area contributed by atoms with Crippen LogP contribution in [0.25, 0.3) is 11.6 Å². The summed E-state index contributed by atoms with van der Waals surface area (Å²) in [6.07, 6.45) is 6.04. The molecule has 0 atom stereocenters. The van der Waals surface area contributed by atoms with E-state index in [-0.39, 0.29) is 11.5 Å². The number of carbonyl (C=O) groups excluding carboxylic acids is 1. The van der Waals surface area contributed by atoms with Crippen molar-refractivity contribution < 1.29 is 9.72 Å². The van der Waals surface area contributed by atoms with Gasteiger partial charge in [-0.3, -0.25) is 24.9 Å². The third kappa shape index (κ3) is 3.11. The summed E-state index contributed by atoms with van der Waals surface area (Å²) in [4.78, 5) is 29.9. The van der Waals surface area contributed by atoms with Crippen LogP contribution in [-0.4, -0.2) is 20.7 Å². The molecule has 0 amide bonds. The Morgan fingerprint density at radius 1 is 1.35 bits per heavy atom. The van der Waals surface area contributed by atoms with Crippen LogP contribution in [0.3, 0.4) is 0 Å². The molecule has 6 heteroatoms. The molecule has 0 spiro atoms. The van der Waals surface area contributed by atoms with Crippen LogP contribution in [0.5, 0.6) is 0 Å². The zero-order valence-electron chi connectivity index (χ0n) is 10.7. The van der Waals surface area contributed by atoms with Crippen molar-refractivity contribution in [1.82, 2.24) is 9.97 Å². The van der Waals surface area contributed by atoms with Crippen molar-refractivity contribution in [2.45, 2.75) is 6.92 Å². The Hall–Kier alpha value is -2.89. The summed E-state index contributed by atoms with van der Waals surface area (Å²) in [7, 11) is 0. The second-order valence-corrected chi connectivity index (χ2v) is 4.06. The minimum Gasteiger partial charge on any atom is -0.294 e. The number of nitro groups is 1. The molecule has 1 aromatic heterocycles. The summed E-state index contributed by atoms with van der Waals surface area (Å²) in [5.74, 6) is -0.183. The molecule has 2 rings (SSSR count). The van der Waals surface area contributed by atoms with Crippen molar-refractivity contribution in [2.24, 2.45) is 0 Å². The molecule has 6 nitrogen and oxygen atoms in total. The van der Waals surface area contributed by atoms with Gasteiger partial charge in [-0.2, -0.15) is 0 Å². The van der Waals surface area contributed by atoms with E-state index in [1.165, 1.54) is 37.6 Å². The van der Waals surface area contributed by atoms with E-state index >= 15 is 0 Å². The number of benzene rings is 1. The van der Waals surface area contributed by atoms with Crippen LogP contribution in [0.4, 0.5) is 5.69 Å². The average Bonchev–Trinajstić information content (AvgIpc) is 2.45. The number of hydrogen-bond donors (Lipinski definition) is 0. The molecule has 0 aliphatic carbocycles. The van der Waals surface area contributed by atoms with E-state index < -0.39 is 4.92 Å². The molecule has 0 saturated heterocycles. The van der Waals surface area contributed by atoms with Gasteiger partial charge in [-0.05, 0) is 18.6 Å². The van der Waals surface area contributed by atoms with Gasteiger partial charge >= 0.3 is 0 Å². The Balaban J connectivity index is 2.47. The van der Waals surface area contributed by atoms with E-state index in [0.717, 1.165) is 0 Å². The largest absolute Gasteiger partial charge is 0.294 e. The Bertz CT molecular complexity index is 681. The zero-order valence-corrected chi connectivity index (χ0v) is 10.7. The molecule has 1 heterocycles. The highest BCUT2D eigenvalue weighted by Crippen LogP contribution is 2.20. The number of allylic oxidation sites excluding steroid dienone is 1. The summed E-state index contributed by atoms with van der Waals surface area (Å²) in [6, 6.07) is 6.05. The zero-order chi connectivity index (χ0) is 14.5. The molecule has 20 heavy (non-hydrogen) atoms. The van der Waals surface area contributed by atoms with Crippen molar-refractivity contribution in [3.8, 4) is 0 Å². The average molecular weight is 269 g/mol. The lowest BCUT2D eigenvalue weighted by molar-refractivity contribution is -0.384. The van der Waals surface area contributed by atoms with E-state index in [2.05, 4.69) is 9.97 Å². The number of carbonyl (C=O) groups is 1. The molecule has 1 aromatic carbocycles. The summed E-state index contributed by atoms with van der Waals surface area (Å²) >= 11 is 0. The van der Waals surface area contributed by atoms with Crippen molar-refractivity contribution in [3.05, 3.63) is 64.2 Å². The predicted octanol–water partition coefficient (Wildman–Crippen LogP) is 2.51. The SMILES string of the molecule is CC(=O)/C(=C/c1cccc([N+](=O)[O-])c1)c1cnccn1. The second kappa shape index (κ2) is 5.83. The first-order valence-corrected chi connectivity index (χ1v) is 5.81. The fourth-order valence-corrected chi connectivity index (χ4v) is 1.69. The van der Waals surface area contributed by atoms with E-state index in [1.54, 1.807) is 18.2 Å². The lowest BCUT2D eigenvalue weighted by Crippen LogP contribution is -1.99. The van der Waals surface area contributed by atoms with Gasteiger partial charge in [0.1, 0.15) is 0 Å². The molecule has 0 bridgehead atoms. The summed E-state index contributed by atoms with van der Waals surface area (Å²) in [5.41, 5.74) is 1.33. The minimum absolute atomic E-state index is 0.0270. The molecule has 100 valence electrons. The third-order valence-corrected chi connectivity index (χ3v) is 2.61. The monoisotopic (exact) mass is 269 g/mol. The van der Waals surface area contributed by atoms with Gasteiger partial charge < -0.3 is 0 Å². The third-order valence-electron chi connectivity index (χ3n) is 2.61. The topological polar surface area (TPSA) is 86.0 Å². The summed E-state index contributed by atoms with van der Waals surface area (Å²) in [6.45, 7) is 1.41. The van der Waals surface area contributed by atoms with Crippen molar-refractivity contribution >= 4 is 23.1 Å². The molecule has 2 aromatic rings. The van der Waals surface area contributed by atoms with Gasteiger partial charge in [-0.15, -0.1) is 0 Å². The van der Waals surface area contributed by atoms with Crippen molar-refractivity contribution in [2.75, 3.05) is 0 Å². The molecule has 0 N–H and O–H groups in total. The van der Waals surface area contributed by atoms with Crippen LogP contribution in [0.1, 0.15) is 18.2 Å². The normalized spacial score (nSPS) is 11.2. The lowest BCUT2D eigenvalue weighted by atomic mass is 10.0. The van der Waals surface area contributed by atoms with Gasteiger partial charge in [-0.1, -0.05) is 12.1 Å². The van der Waals surface area contributed by atoms with Crippen molar-refractivity contribution in [1.29, 1.82) is 0 Å². The van der Waals surface area contributed by atoms with Crippen LogP contribution in [0.2, 0.25) is 0 Å². The van der Waals surface area contributed by atoms with E-state index in [9.17, 15) is 14.9 Å². The Labute approximate surface area is 115 Å². The molecular weight excluding hydrogens is 258 g/mol. The number of hydrogen-bond acceptors (Lipinski definition) is 5. The molecular formula is C14H11N3O3. The van der Waals surface area contributed by atoms with E-state index in [0.29, 0.717) is 16.8 Å². The number of ketones is 1. The van der Waals surface area contributed by atoms with E-state index in [1.807, 2.05) is 0 Å². The first-order chi connectivity index (χ1) is 9.58. The lowest BCUT2D eigenvalue weighted by Gasteiger charge is -2.02. The fraction of sp³-hybridized carbons (Fsp3) is 0.0714. The van der Waals surface area contributed by atoms with Crippen LogP contribution in [-0.2, 0) is 4.79 Å². The highest BCUT2D eigenvalue weighted by Gasteiger charge is 2.10. The van der Waals surface area contributed by atoms with Gasteiger partial charge in [0.05, 0.1) is 16.8 Å². The predicted molar refractivity (Wildman–Crippen MR) is 73.7 cm³/mol. The number of nitrogens with zero attached hydrogens (tertiary/aromatic N) is 3. The highest BCUT2D eigenvalue weighted by molar-refractivity contribution is 6.23. The van der Waals surface area contributed by atoms with Gasteiger partial charge in [-0.25, -0.2) is 0 Å². The number of non-ortho nitro benzene ring substituents is 1. The number of nitro benzene ring substituents is 1. The highest BCUT2D eigenvalue weighted by atomic mass is 16.6. The molecule has 0 radical (unpaired) electrons.